The van der Waals surface area contributed by atoms with Crippen LogP contribution in [0.25, 0.3) is 0 Å². The molecule has 0 saturated carbocycles. The summed E-state index contributed by atoms with van der Waals surface area (Å²) in [5.41, 5.74) is 2.92. The zero-order valence-corrected chi connectivity index (χ0v) is 15.7. The van der Waals surface area contributed by atoms with Crippen LogP contribution in [0.4, 0.5) is 11.5 Å². The first-order valence-corrected chi connectivity index (χ1v) is 8.88. The third-order valence-electron chi connectivity index (χ3n) is 4.22. The lowest BCUT2D eigenvalue weighted by Crippen LogP contribution is -2.48. The summed E-state index contributed by atoms with van der Waals surface area (Å²) in [4.78, 5) is 20.0. The molecule has 1 aromatic rings. The topological polar surface area (TPSA) is 48.5 Å². The molecule has 2 heterocycles. The quantitative estimate of drug-likeness (QED) is 0.759. The monoisotopic (exact) mass is 352 g/mol. The molecule has 1 aliphatic rings. The summed E-state index contributed by atoms with van der Waals surface area (Å²) >= 11 is 0. The maximum atomic E-state index is 11.4. The van der Waals surface area contributed by atoms with Crippen molar-refractivity contribution in [3.63, 3.8) is 0 Å². The molecule has 5 nitrogen and oxygen atoms in total. The highest BCUT2D eigenvalue weighted by atomic mass is 16.2. The number of nitrogens with one attached hydrogen (secondary N) is 1. The van der Waals surface area contributed by atoms with Gasteiger partial charge in [-0.1, -0.05) is 37.5 Å². The lowest BCUT2D eigenvalue weighted by Gasteiger charge is -2.35. The third-order valence-corrected chi connectivity index (χ3v) is 4.22. The van der Waals surface area contributed by atoms with Gasteiger partial charge in [-0.05, 0) is 24.6 Å². The van der Waals surface area contributed by atoms with Gasteiger partial charge in [-0.2, -0.15) is 0 Å². The van der Waals surface area contributed by atoms with Gasteiger partial charge in [-0.15, -0.1) is 0 Å². The second-order valence-corrected chi connectivity index (χ2v) is 6.34. The number of aromatic nitrogens is 1. The van der Waals surface area contributed by atoms with Crippen LogP contribution in [0.2, 0.25) is 0 Å². The molecule has 0 unspecified atom stereocenters. The van der Waals surface area contributed by atoms with Crippen molar-refractivity contribution in [1.82, 2.24) is 9.88 Å². The first-order chi connectivity index (χ1) is 12.5. The smallest absolute Gasteiger partial charge is 0.219 e. The average Bonchev–Trinajstić information content (AvgIpc) is 2.62. The fourth-order valence-corrected chi connectivity index (χ4v) is 2.79. The molecule has 1 aliphatic heterocycles. The molecular formula is C21H28N4O. The Morgan fingerprint density at radius 1 is 1.23 bits per heavy atom. The number of hydrogen-bond donors (Lipinski definition) is 1. The molecule has 0 atom stereocenters. The maximum Gasteiger partial charge on any atom is 0.219 e. The molecule has 0 bridgehead atoms. The number of pyridine rings is 1. The molecule has 2 rings (SSSR count). The zero-order chi connectivity index (χ0) is 18.9. The van der Waals surface area contributed by atoms with Gasteiger partial charge in [0.1, 0.15) is 5.82 Å². The van der Waals surface area contributed by atoms with E-state index in [9.17, 15) is 4.79 Å². The fourth-order valence-electron chi connectivity index (χ4n) is 2.79. The van der Waals surface area contributed by atoms with Crippen molar-refractivity contribution in [2.75, 3.05) is 36.4 Å². The van der Waals surface area contributed by atoms with Gasteiger partial charge in [0.05, 0.1) is 11.9 Å². The van der Waals surface area contributed by atoms with E-state index in [1.807, 2.05) is 54.5 Å². The maximum absolute atomic E-state index is 11.4. The van der Waals surface area contributed by atoms with E-state index < -0.39 is 0 Å². The minimum absolute atomic E-state index is 0.142. The van der Waals surface area contributed by atoms with Crippen LogP contribution >= 0.6 is 0 Å². The summed E-state index contributed by atoms with van der Waals surface area (Å²) < 4.78 is 0. The number of piperazine rings is 1. The number of hydrogen-bond acceptors (Lipinski definition) is 4. The lowest BCUT2D eigenvalue weighted by atomic mass is 10.1. The van der Waals surface area contributed by atoms with E-state index in [1.54, 1.807) is 6.92 Å². The standard InChI is InChI=1S/C21H28N4O/c1-5-6-7-8-17(2)15-18(3)23-21-10-9-20(16-22-21)25-13-11-24(12-14-25)19(4)26/h5-10,16H,2-3,11-15H2,1,4H3,(H,22,23)/b6-5+,8-7+. The number of anilines is 2. The number of carbonyl (C=O) groups is 1. The first-order valence-electron chi connectivity index (χ1n) is 8.88. The Bertz CT molecular complexity index is 695. The van der Waals surface area contributed by atoms with Crippen molar-refractivity contribution < 1.29 is 4.79 Å². The van der Waals surface area contributed by atoms with Crippen molar-refractivity contribution in [1.29, 1.82) is 0 Å². The molecule has 0 spiro atoms. The highest BCUT2D eigenvalue weighted by Crippen LogP contribution is 2.19. The van der Waals surface area contributed by atoms with Gasteiger partial charge in [0, 0.05) is 45.2 Å². The number of carbonyl (C=O) groups excluding carboxylic acids is 1. The van der Waals surface area contributed by atoms with E-state index in [0.717, 1.165) is 49.0 Å². The van der Waals surface area contributed by atoms with Crippen LogP contribution in [-0.2, 0) is 4.79 Å². The zero-order valence-electron chi connectivity index (χ0n) is 15.7. The van der Waals surface area contributed by atoms with Crippen LogP contribution < -0.4 is 10.2 Å². The molecule has 1 aromatic heterocycles. The minimum atomic E-state index is 0.142. The Balaban J connectivity index is 1.85. The molecule has 0 aliphatic carbocycles. The Morgan fingerprint density at radius 3 is 2.54 bits per heavy atom. The second-order valence-electron chi connectivity index (χ2n) is 6.34. The predicted octanol–water partition coefficient (Wildman–Crippen LogP) is 3.75. The highest BCUT2D eigenvalue weighted by molar-refractivity contribution is 5.73. The molecule has 1 saturated heterocycles. The molecule has 1 amide bonds. The van der Waals surface area contributed by atoms with Crippen LogP contribution in [0, 0.1) is 0 Å². The van der Waals surface area contributed by atoms with Gasteiger partial charge in [0.2, 0.25) is 5.91 Å². The molecule has 26 heavy (non-hydrogen) atoms. The molecular weight excluding hydrogens is 324 g/mol. The van der Waals surface area contributed by atoms with Gasteiger partial charge in [-0.25, -0.2) is 4.98 Å². The van der Waals surface area contributed by atoms with Gasteiger partial charge in [0.15, 0.2) is 0 Å². The van der Waals surface area contributed by atoms with Gasteiger partial charge in [0.25, 0.3) is 0 Å². The fraction of sp³-hybridized carbons (Fsp3) is 0.333. The van der Waals surface area contributed by atoms with E-state index >= 15 is 0 Å². The van der Waals surface area contributed by atoms with Crippen molar-refractivity contribution >= 4 is 17.4 Å². The Hall–Kier alpha value is -2.82. The lowest BCUT2D eigenvalue weighted by molar-refractivity contribution is -0.129. The van der Waals surface area contributed by atoms with Crippen molar-refractivity contribution in [3.8, 4) is 0 Å². The molecule has 1 N–H and O–H groups in total. The predicted molar refractivity (Wildman–Crippen MR) is 109 cm³/mol. The van der Waals surface area contributed by atoms with Gasteiger partial charge >= 0.3 is 0 Å². The summed E-state index contributed by atoms with van der Waals surface area (Å²) in [6, 6.07) is 4.00. The van der Waals surface area contributed by atoms with E-state index in [0.29, 0.717) is 6.42 Å². The molecule has 1 fully saturated rings. The summed E-state index contributed by atoms with van der Waals surface area (Å²) in [6.45, 7) is 14.9. The van der Waals surface area contributed by atoms with E-state index in [-0.39, 0.29) is 5.91 Å². The van der Waals surface area contributed by atoms with Crippen LogP contribution in [0.1, 0.15) is 20.3 Å². The highest BCUT2D eigenvalue weighted by Gasteiger charge is 2.18. The second kappa shape index (κ2) is 9.61. The van der Waals surface area contributed by atoms with Crippen molar-refractivity contribution in [3.05, 3.63) is 67.1 Å². The van der Waals surface area contributed by atoms with Crippen LogP contribution in [0.3, 0.4) is 0 Å². The molecule has 0 radical (unpaired) electrons. The summed E-state index contributed by atoms with van der Waals surface area (Å²) in [5.74, 6) is 0.911. The van der Waals surface area contributed by atoms with Crippen molar-refractivity contribution in [2.24, 2.45) is 0 Å². The van der Waals surface area contributed by atoms with Crippen LogP contribution in [-0.4, -0.2) is 42.0 Å². The number of allylic oxidation sites excluding steroid dienone is 5. The van der Waals surface area contributed by atoms with Crippen LogP contribution in [0.5, 0.6) is 0 Å². The van der Waals surface area contributed by atoms with Gasteiger partial charge < -0.3 is 15.1 Å². The summed E-state index contributed by atoms with van der Waals surface area (Å²) in [6.07, 6.45) is 10.4. The van der Waals surface area contributed by atoms with Crippen LogP contribution in [0.15, 0.2) is 67.1 Å². The average molecular weight is 352 g/mol. The minimum Gasteiger partial charge on any atom is -0.367 e. The first kappa shape index (κ1) is 19.5. The Morgan fingerprint density at radius 2 is 1.96 bits per heavy atom. The molecule has 0 aromatic carbocycles. The molecule has 5 heteroatoms. The normalized spacial score (nSPS) is 14.8. The number of nitrogens with zero attached hydrogens (tertiary/aromatic N) is 3. The Kier molecular flexibility index (Phi) is 7.21. The SMILES string of the molecule is C=C(/C=C/C=C/C)CC(=C)Nc1ccc(N2CCN(C(C)=O)CC2)cn1. The summed E-state index contributed by atoms with van der Waals surface area (Å²) in [7, 11) is 0. The largest absolute Gasteiger partial charge is 0.367 e. The number of rotatable bonds is 7. The molecule has 138 valence electrons. The third kappa shape index (κ3) is 5.92. The van der Waals surface area contributed by atoms with Gasteiger partial charge in [-0.3, -0.25) is 4.79 Å². The van der Waals surface area contributed by atoms with Crippen molar-refractivity contribution in [2.45, 2.75) is 20.3 Å². The number of amides is 1. The van der Waals surface area contributed by atoms with E-state index in [1.165, 1.54) is 0 Å². The van der Waals surface area contributed by atoms with E-state index in [2.05, 4.69) is 28.4 Å². The summed E-state index contributed by atoms with van der Waals surface area (Å²) in [5, 5.41) is 3.23. The van der Waals surface area contributed by atoms with E-state index in [4.69, 9.17) is 0 Å². The Labute approximate surface area is 156 Å².